The fourth-order valence-electron chi connectivity index (χ4n) is 2.15. The van der Waals surface area contributed by atoms with Crippen molar-refractivity contribution < 1.29 is 10.0 Å². The lowest BCUT2D eigenvalue weighted by Crippen LogP contribution is -2.32. The molecule has 1 saturated heterocycles. The van der Waals surface area contributed by atoms with Crippen LogP contribution in [0, 0.1) is 0 Å². The van der Waals surface area contributed by atoms with Crippen LogP contribution in [-0.4, -0.2) is 48.4 Å². The highest BCUT2D eigenvalue weighted by Crippen LogP contribution is 2.10. The summed E-state index contributed by atoms with van der Waals surface area (Å²) in [6, 6.07) is 0. The van der Waals surface area contributed by atoms with E-state index in [1.54, 1.807) is 0 Å². The summed E-state index contributed by atoms with van der Waals surface area (Å²) in [6.45, 7) is 4.05. The number of carbonyl (C=O) groups excluding carboxylic acids is 1. The van der Waals surface area contributed by atoms with Crippen LogP contribution >= 0.6 is 0 Å². The van der Waals surface area contributed by atoms with Gasteiger partial charge in [-0.05, 0) is 38.9 Å². The molecule has 0 bridgehead atoms. The van der Waals surface area contributed by atoms with E-state index in [4.69, 9.17) is 5.21 Å². The largest absolute Gasteiger partial charge is 0.411 e. The number of rotatable bonds is 5. The van der Waals surface area contributed by atoms with Crippen molar-refractivity contribution in [1.29, 1.82) is 0 Å². The molecule has 0 unspecified atom stereocenters. The van der Waals surface area contributed by atoms with Gasteiger partial charge in [-0.3, -0.25) is 4.79 Å². The lowest BCUT2D eigenvalue weighted by Gasteiger charge is -2.24. The SMILES string of the molecule is O=C(/C=N\O)NCCCN1CCCCCCC1. The third kappa shape index (κ3) is 6.94. The van der Waals surface area contributed by atoms with Crippen LogP contribution in [0.2, 0.25) is 0 Å². The molecule has 0 aliphatic carbocycles. The van der Waals surface area contributed by atoms with Crippen molar-refractivity contribution in [2.75, 3.05) is 26.2 Å². The molecular weight excluding hydrogens is 218 g/mol. The van der Waals surface area contributed by atoms with Gasteiger partial charge in [0.25, 0.3) is 5.91 Å². The Kier molecular flexibility index (Phi) is 7.38. The molecule has 2 N–H and O–H groups in total. The van der Waals surface area contributed by atoms with Crippen LogP contribution in [0.3, 0.4) is 0 Å². The van der Waals surface area contributed by atoms with Gasteiger partial charge in [0.2, 0.25) is 0 Å². The Morgan fingerprint density at radius 2 is 1.88 bits per heavy atom. The van der Waals surface area contributed by atoms with Crippen molar-refractivity contribution >= 4 is 12.1 Å². The van der Waals surface area contributed by atoms with Crippen LogP contribution < -0.4 is 5.32 Å². The molecule has 5 heteroatoms. The van der Waals surface area contributed by atoms with Crippen LogP contribution in [0.4, 0.5) is 0 Å². The summed E-state index contributed by atoms with van der Waals surface area (Å²) in [7, 11) is 0. The van der Waals surface area contributed by atoms with Gasteiger partial charge in [0.05, 0.1) is 0 Å². The average molecular weight is 241 g/mol. The van der Waals surface area contributed by atoms with Crippen molar-refractivity contribution in [3.63, 3.8) is 0 Å². The molecule has 0 atom stereocenters. The van der Waals surface area contributed by atoms with Crippen LogP contribution in [0.15, 0.2) is 5.16 Å². The second-order valence-electron chi connectivity index (χ2n) is 4.50. The predicted octanol–water partition coefficient (Wildman–Crippen LogP) is 1.22. The number of amides is 1. The van der Waals surface area contributed by atoms with Gasteiger partial charge in [0.15, 0.2) is 0 Å². The fourth-order valence-corrected chi connectivity index (χ4v) is 2.15. The first-order chi connectivity index (χ1) is 8.33. The molecule has 0 saturated carbocycles. The van der Waals surface area contributed by atoms with E-state index in [1.165, 1.54) is 45.2 Å². The minimum atomic E-state index is -0.333. The molecule has 98 valence electrons. The summed E-state index contributed by atoms with van der Waals surface area (Å²) < 4.78 is 0. The molecule has 5 nitrogen and oxygen atoms in total. The molecule has 1 aliphatic rings. The molecule has 0 aromatic rings. The molecule has 0 aromatic carbocycles. The summed E-state index contributed by atoms with van der Waals surface area (Å²) in [5.74, 6) is -0.333. The van der Waals surface area contributed by atoms with Gasteiger partial charge >= 0.3 is 0 Å². The number of hydrogen-bond acceptors (Lipinski definition) is 4. The maximum Gasteiger partial charge on any atom is 0.265 e. The van der Waals surface area contributed by atoms with Gasteiger partial charge in [-0.15, -0.1) is 0 Å². The van der Waals surface area contributed by atoms with E-state index in [2.05, 4.69) is 15.4 Å². The Labute approximate surface area is 103 Å². The van der Waals surface area contributed by atoms with Gasteiger partial charge in [-0.2, -0.15) is 0 Å². The standard InChI is InChI=1S/C12H23N3O2/c16-12(11-14-17)13-7-6-10-15-8-4-2-1-3-5-9-15/h11,17H,1-10H2,(H,13,16)/b14-11-. The highest BCUT2D eigenvalue weighted by atomic mass is 16.4. The zero-order valence-corrected chi connectivity index (χ0v) is 10.4. The lowest BCUT2D eigenvalue weighted by molar-refractivity contribution is -0.114. The maximum atomic E-state index is 11.0. The van der Waals surface area contributed by atoms with Crippen molar-refractivity contribution in [2.45, 2.75) is 38.5 Å². The van der Waals surface area contributed by atoms with Crippen molar-refractivity contribution in [3.8, 4) is 0 Å². The van der Waals surface area contributed by atoms with E-state index < -0.39 is 0 Å². The Morgan fingerprint density at radius 1 is 1.24 bits per heavy atom. The second-order valence-corrected chi connectivity index (χ2v) is 4.50. The van der Waals surface area contributed by atoms with Crippen LogP contribution in [-0.2, 0) is 4.79 Å². The number of carbonyl (C=O) groups is 1. The molecular formula is C12H23N3O2. The second kappa shape index (κ2) is 8.98. The van der Waals surface area contributed by atoms with Gasteiger partial charge in [-0.1, -0.05) is 24.4 Å². The highest BCUT2D eigenvalue weighted by molar-refractivity contribution is 6.25. The first-order valence-corrected chi connectivity index (χ1v) is 6.50. The normalized spacial score (nSPS) is 18.8. The third-order valence-electron chi connectivity index (χ3n) is 3.07. The molecule has 1 fully saturated rings. The van der Waals surface area contributed by atoms with Gasteiger partial charge in [0, 0.05) is 6.54 Å². The molecule has 1 heterocycles. The molecule has 0 radical (unpaired) electrons. The maximum absolute atomic E-state index is 11.0. The molecule has 17 heavy (non-hydrogen) atoms. The summed E-state index contributed by atoms with van der Waals surface area (Å²) in [5.41, 5.74) is 0. The predicted molar refractivity (Wildman–Crippen MR) is 67.4 cm³/mol. The van der Waals surface area contributed by atoms with E-state index in [-0.39, 0.29) is 5.91 Å². The Balaban J connectivity index is 2.06. The zero-order chi connectivity index (χ0) is 12.3. The zero-order valence-electron chi connectivity index (χ0n) is 10.4. The van der Waals surface area contributed by atoms with E-state index in [0.29, 0.717) is 6.54 Å². The number of oxime groups is 1. The van der Waals surface area contributed by atoms with Gasteiger partial charge in [-0.25, -0.2) is 0 Å². The summed E-state index contributed by atoms with van der Waals surface area (Å²) in [5, 5.41) is 13.5. The molecule has 1 amide bonds. The number of nitrogens with one attached hydrogen (secondary N) is 1. The Morgan fingerprint density at radius 3 is 2.53 bits per heavy atom. The van der Waals surface area contributed by atoms with E-state index >= 15 is 0 Å². The van der Waals surface area contributed by atoms with Gasteiger partial charge in [0.1, 0.15) is 6.21 Å². The Bertz CT molecular complexity index is 236. The first-order valence-electron chi connectivity index (χ1n) is 6.50. The molecule has 1 aliphatic heterocycles. The first kappa shape index (κ1) is 14.0. The minimum Gasteiger partial charge on any atom is -0.411 e. The number of nitrogens with zero attached hydrogens (tertiary/aromatic N) is 2. The summed E-state index contributed by atoms with van der Waals surface area (Å²) in [6.07, 6.45) is 8.50. The third-order valence-corrected chi connectivity index (χ3v) is 3.07. The van der Waals surface area contributed by atoms with Crippen LogP contribution in [0.5, 0.6) is 0 Å². The molecule has 0 spiro atoms. The van der Waals surface area contributed by atoms with Crippen molar-refractivity contribution in [1.82, 2.24) is 10.2 Å². The van der Waals surface area contributed by atoms with Crippen LogP contribution in [0.1, 0.15) is 38.5 Å². The van der Waals surface area contributed by atoms with E-state index in [1.807, 2.05) is 0 Å². The van der Waals surface area contributed by atoms with E-state index in [9.17, 15) is 4.79 Å². The smallest absolute Gasteiger partial charge is 0.265 e. The minimum absolute atomic E-state index is 0.333. The topological polar surface area (TPSA) is 64.9 Å². The number of likely N-dealkylation sites (tertiary alicyclic amines) is 1. The van der Waals surface area contributed by atoms with Crippen molar-refractivity contribution in [3.05, 3.63) is 0 Å². The molecule has 0 aromatic heterocycles. The summed E-state index contributed by atoms with van der Waals surface area (Å²) in [4.78, 5) is 13.4. The highest BCUT2D eigenvalue weighted by Gasteiger charge is 2.07. The van der Waals surface area contributed by atoms with E-state index in [0.717, 1.165) is 19.2 Å². The monoisotopic (exact) mass is 241 g/mol. The lowest BCUT2D eigenvalue weighted by atomic mass is 10.1. The summed E-state index contributed by atoms with van der Waals surface area (Å²) >= 11 is 0. The molecule has 1 rings (SSSR count). The number of hydrogen-bond donors (Lipinski definition) is 2. The van der Waals surface area contributed by atoms with Gasteiger partial charge < -0.3 is 15.4 Å². The fraction of sp³-hybridized carbons (Fsp3) is 0.833. The Hall–Kier alpha value is -1.10. The quantitative estimate of drug-likeness (QED) is 0.329. The van der Waals surface area contributed by atoms with Crippen LogP contribution in [0.25, 0.3) is 0 Å². The average Bonchev–Trinajstić information content (AvgIpc) is 2.26. The van der Waals surface area contributed by atoms with Crippen molar-refractivity contribution in [2.24, 2.45) is 5.16 Å².